The summed E-state index contributed by atoms with van der Waals surface area (Å²) < 4.78 is 10.5. The van der Waals surface area contributed by atoms with Gasteiger partial charge in [-0.2, -0.15) is 0 Å². The number of nitrogens with one attached hydrogen (secondary N) is 4. The number of rotatable bonds is 15. The van der Waals surface area contributed by atoms with Gasteiger partial charge in [0.2, 0.25) is 11.8 Å². The molecule has 3 unspecified atom stereocenters. The molecule has 1 aromatic rings. The first-order valence-corrected chi connectivity index (χ1v) is 14.7. The Hall–Kier alpha value is -3.83. The number of benzene rings is 1. The average Bonchev–Trinajstić information content (AvgIpc) is 2.84. The second kappa shape index (κ2) is 17.3. The van der Waals surface area contributed by atoms with Gasteiger partial charge in [0.25, 0.3) is 0 Å². The van der Waals surface area contributed by atoms with Crippen LogP contribution in [0.3, 0.4) is 0 Å². The van der Waals surface area contributed by atoms with Gasteiger partial charge in [-0.25, -0.2) is 14.4 Å². The summed E-state index contributed by atoms with van der Waals surface area (Å²) in [7, 11) is 0. The topological polar surface area (TPSA) is 172 Å². The molecule has 4 amide bonds. The summed E-state index contributed by atoms with van der Waals surface area (Å²) in [5, 5.41) is 20.2. The van der Waals surface area contributed by atoms with Gasteiger partial charge >= 0.3 is 18.2 Å². The lowest BCUT2D eigenvalue weighted by molar-refractivity contribution is -0.142. The Balaban J connectivity index is 2.90. The number of aliphatic carboxylic acids is 1. The number of carboxylic acid groups (broad SMARTS) is 1. The van der Waals surface area contributed by atoms with Crippen molar-refractivity contribution < 1.29 is 38.6 Å². The first-order chi connectivity index (χ1) is 19.9. The number of carbonyl (C=O) groups excluding carboxylic acids is 4. The Morgan fingerprint density at radius 3 is 1.81 bits per heavy atom. The fraction of sp³-hybridized carbons (Fsp3) is 0.645. The zero-order chi connectivity index (χ0) is 32.8. The highest BCUT2D eigenvalue weighted by molar-refractivity contribution is 5.93. The van der Waals surface area contributed by atoms with E-state index < -0.39 is 59.3 Å². The van der Waals surface area contributed by atoms with Crippen LogP contribution in [-0.2, 0) is 30.3 Å². The molecule has 0 bridgehead atoms. The molecule has 0 aliphatic rings. The van der Waals surface area contributed by atoms with Gasteiger partial charge in [-0.05, 0) is 78.7 Å². The van der Waals surface area contributed by atoms with Crippen LogP contribution in [0.4, 0.5) is 9.59 Å². The molecular formula is C31H50N4O8. The van der Waals surface area contributed by atoms with Crippen molar-refractivity contribution >= 4 is 30.0 Å². The van der Waals surface area contributed by atoms with Crippen molar-refractivity contribution in [3.8, 4) is 0 Å². The molecule has 12 nitrogen and oxygen atoms in total. The smallest absolute Gasteiger partial charge is 0.408 e. The zero-order valence-electron chi connectivity index (χ0n) is 26.7. The van der Waals surface area contributed by atoms with E-state index in [4.69, 9.17) is 9.47 Å². The molecule has 242 valence electrons. The molecule has 1 rings (SSSR count). The minimum atomic E-state index is -1.21. The second-order valence-corrected chi connectivity index (χ2v) is 12.9. The molecule has 0 saturated heterocycles. The Morgan fingerprint density at radius 2 is 1.28 bits per heavy atom. The molecule has 1 aromatic carbocycles. The van der Waals surface area contributed by atoms with Gasteiger partial charge in [0.15, 0.2) is 0 Å². The molecule has 12 heteroatoms. The van der Waals surface area contributed by atoms with E-state index in [-0.39, 0.29) is 31.7 Å². The third-order valence-corrected chi connectivity index (χ3v) is 5.83. The van der Waals surface area contributed by atoms with Crippen LogP contribution in [0, 0.1) is 5.92 Å². The molecular weight excluding hydrogens is 556 g/mol. The van der Waals surface area contributed by atoms with Crippen LogP contribution in [0.5, 0.6) is 0 Å². The molecule has 0 heterocycles. The van der Waals surface area contributed by atoms with Crippen molar-refractivity contribution in [2.75, 3.05) is 6.54 Å². The van der Waals surface area contributed by atoms with Crippen LogP contribution in [0.25, 0.3) is 0 Å². The summed E-state index contributed by atoms with van der Waals surface area (Å²) in [5.74, 6) is -2.46. The molecule has 0 aliphatic carbocycles. The Labute approximate surface area is 255 Å². The number of ether oxygens (including phenoxy) is 2. The van der Waals surface area contributed by atoms with Crippen LogP contribution < -0.4 is 21.3 Å². The largest absolute Gasteiger partial charge is 0.480 e. The predicted molar refractivity (Wildman–Crippen MR) is 162 cm³/mol. The standard InChI is InChI=1S/C31H50N4O8/c1-20(2)18-23(25(36)33-22(27(38)39)16-12-13-17-32-28(40)42-30(3,4)5)34-26(37)24(19-21-14-10-9-11-15-21)35-29(41)43-31(6,7)8/h9-11,14-15,20,22-24H,12-13,16-19H2,1-8H3,(H,32,40)(H,33,36)(H,34,37)(H,35,41)(H,38,39). The number of hydrogen-bond acceptors (Lipinski definition) is 7. The molecule has 0 aromatic heterocycles. The van der Waals surface area contributed by atoms with E-state index in [1.807, 2.05) is 44.2 Å². The summed E-state index contributed by atoms with van der Waals surface area (Å²) in [6.07, 6.45) is 0.0622. The van der Waals surface area contributed by atoms with Gasteiger partial charge < -0.3 is 35.8 Å². The molecule has 0 radical (unpaired) electrons. The molecule has 3 atom stereocenters. The summed E-state index contributed by atoms with van der Waals surface area (Å²) >= 11 is 0. The average molecular weight is 607 g/mol. The summed E-state index contributed by atoms with van der Waals surface area (Å²) in [5.41, 5.74) is -0.621. The number of hydrogen-bond donors (Lipinski definition) is 5. The number of carboxylic acids is 1. The molecule has 5 N–H and O–H groups in total. The van der Waals surface area contributed by atoms with E-state index in [9.17, 15) is 29.1 Å². The van der Waals surface area contributed by atoms with E-state index in [2.05, 4.69) is 21.3 Å². The first-order valence-electron chi connectivity index (χ1n) is 14.7. The van der Waals surface area contributed by atoms with Crippen molar-refractivity contribution in [3.63, 3.8) is 0 Å². The maximum absolute atomic E-state index is 13.4. The Bertz CT molecular complexity index is 1060. The normalized spacial score (nSPS) is 13.7. The van der Waals surface area contributed by atoms with E-state index in [1.165, 1.54) is 0 Å². The molecule has 0 aliphatic heterocycles. The molecule has 43 heavy (non-hydrogen) atoms. The highest BCUT2D eigenvalue weighted by atomic mass is 16.6. The zero-order valence-corrected chi connectivity index (χ0v) is 26.7. The van der Waals surface area contributed by atoms with Gasteiger partial charge in [-0.3, -0.25) is 9.59 Å². The van der Waals surface area contributed by atoms with Gasteiger partial charge in [-0.1, -0.05) is 44.2 Å². The lowest BCUT2D eigenvalue weighted by Gasteiger charge is -2.26. The number of amides is 4. The maximum atomic E-state index is 13.4. The number of carbonyl (C=O) groups is 5. The number of alkyl carbamates (subject to hydrolysis) is 2. The van der Waals surface area contributed by atoms with Crippen LogP contribution in [0.15, 0.2) is 30.3 Å². The van der Waals surface area contributed by atoms with Crippen molar-refractivity contribution in [2.24, 2.45) is 5.92 Å². The Kier molecular flexibility index (Phi) is 15.0. The maximum Gasteiger partial charge on any atom is 0.408 e. The lowest BCUT2D eigenvalue weighted by atomic mass is 10.0. The van der Waals surface area contributed by atoms with E-state index >= 15 is 0 Å². The van der Waals surface area contributed by atoms with Gasteiger partial charge in [0, 0.05) is 13.0 Å². The SMILES string of the molecule is CC(C)CC(NC(=O)C(Cc1ccccc1)NC(=O)OC(C)(C)C)C(=O)NC(CCCCNC(=O)OC(C)(C)C)C(=O)O. The van der Waals surface area contributed by atoms with Crippen LogP contribution in [0.1, 0.15) is 86.6 Å². The van der Waals surface area contributed by atoms with E-state index in [1.54, 1.807) is 41.5 Å². The highest BCUT2D eigenvalue weighted by Crippen LogP contribution is 2.12. The van der Waals surface area contributed by atoms with Crippen molar-refractivity contribution in [3.05, 3.63) is 35.9 Å². The third-order valence-electron chi connectivity index (χ3n) is 5.83. The van der Waals surface area contributed by atoms with E-state index in [0.29, 0.717) is 12.8 Å². The van der Waals surface area contributed by atoms with Gasteiger partial charge in [0.1, 0.15) is 29.3 Å². The summed E-state index contributed by atoms with van der Waals surface area (Å²) in [6.45, 7) is 14.4. The minimum absolute atomic E-state index is 0.00959. The predicted octanol–water partition coefficient (Wildman–Crippen LogP) is 3.92. The first kappa shape index (κ1) is 37.2. The van der Waals surface area contributed by atoms with Crippen molar-refractivity contribution in [2.45, 2.75) is 117 Å². The fourth-order valence-electron chi connectivity index (χ4n) is 3.99. The van der Waals surface area contributed by atoms with Crippen molar-refractivity contribution in [1.29, 1.82) is 0 Å². The monoisotopic (exact) mass is 606 g/mol. The van der Waals surface area contributed by atoms with Crippen LogP contribution in [0.2, 0.25) is 0 Å². The lowest BCUT2D eigenvalue weighted by Crippen LogP contribution is -2.56. The summed E-state index contributed by atoms with van der Waals surface area (Å²) in [6, 6.07) is 5.80. The third kappa shape index (κ3) is 17.0. The van der Waals surface area contributed by atoms with Crippen molar-refractivity contribution in [1.82, 2.24) is 21.3 Å². The second-order valence-electron chi connectivity index (χ2n) is 12.9. The minimum Gasteiger partial charge on any atom is -0.480 e. The molecule has 0 saturated carbocycles. The fourth-order valence-corrected chi connectivity index (χ4v) is 3.99. The molecule has 0 fully saturated rings. The quantitative estimate of drug-likeness (QED) is 0.187. The Morgan fingerprint density at radius 1 is 0.744 bits per heavy atom. The highest BCUT2D eigenvalue weighted by Gasteiger charge is 2.31. The van der Waals surface area contributed by atoms with Gasteiger partial charge in [-0.15, -0.1) is 0 Å². The van der Waals surface area contributed by atoms with Crippen LogP contribution >= 0.6 is 0 Å². The van der Waals surface area contributed by atoms with Gasteiger partial charge in [0.05, 0.1) is 0 Å². The van der Waals surface area contributed by atoms with E-state index in [0.717, 1.165) is 5.56 Å². The number of unbranched alkanes of at least 4 members (excludes halogenated alkanes) is 1. The van der Waals surface area contributed by atoms with Crippen LogP contribution in [-0.4, -0.2) is 70.9 Å². The summed E-state index contributed by atoms with van der Waals surface area (Å²) in [4.78, 5) is 62.9. The molecule has 0 spiro atoms.